The van der Waals surface area contributed by atoms with Crippen LogP contribution in [0, 0.1) is 22.7 Å². The summed E-state index contributed by atoms with van der Waals surface area (Å²) in [5.41, 5.74) is 6.76. The number of amidine groups is 1. The molecule has 1 atom stereocenters. The van der Waals surface area contributed by atoms with Crippen molar-refractivity contribution in [3.63, 3.8) is 0 Å². The van der Waals surface area contributed by atoms with Gasteiger partial charge in [-0.05, 0) is 25.0 Å². The molecule has 1 aliphatic carbocycles. The van der Waals surface area contributed by atoms with Crippen molar-refractivity contribution < 1.29 is 4.79 Å². The highest BCUT2D eigenvalue weighted by Crippen LogP contribution is 2.52. The first-order chi connectivity index (χ1) is 11.6. The quantitative estimate of drug-likeness (QED) is 0.722. The molecule has 1 amide bonds. The van der Waals surface area contributed by atoms with Crippen LogP contribution in [0.5, 0.6) is 0 Å². The second-order valence-electron chi connectivity index (χ2n) is 6.35. The minimum Gasteiger partial charge on any atom is -0.386 e. The summed E-state index contributed by atoms with van der Waals surface area (Å²) in [5, 5.41) is 12.9. The molecule has 2 aliphatic rings. The smallest absolute Gasteiger partial charge is 0.236 e. The Labute approximate surface area is 147 Å². The fourth-order valence-corrected chi connectivity index (χ4v) is 4.28. The van der Waals surface area contributed by atoms with Crippen LogP contribution in [-0.4, -0.2) is 11.7 Å². The van der Waals surface area contributed by atoms with Crippen LogP contribution < -0.4 is 11.1 Å². The molecular formula is C18H20N4OS. The molecule has 1 aromatic carbocycles. The molecule has 0 saturated heterocycles. The summed E-state index contributed by atoms with van der Waals surface area (Å²) in [6, 6.07) is 11.5. The van der Waals surface area contributed by atoms with Crippen LogP contribution in [0.25, 0.3) is 0 Å². The first kappa shape index (κ1) is 16.6. The molecule has 124 valence electrons. The van der Waals surface area contributed by atoms with Crippen molar-refractivity contribution in [2.75, 3.05) is 5.32 Å². The number of hydrogen-bond acceptors (Lipinski definition) is 5. The Morgan fingerprint density at radius 3 is 2.58 bits per heavy atom. The number of nitrogens with one attached hydrogen (secondary N) is 1. The zero-order valence-corrected chi connectivity index (χ0v) is 14.2. The second-order valence-corrected chi connectivity index (χ2v) is 6.78. The average Bonchev–Trinajstić information content (AvgIpc) is 2.56. The van der Waals surface area contributed by atoms with Gasteiger partial charge in [0.25, 0.3) is 0 Å². The zero-order valence-electron chi connectivity index (χ0n) is 13.3. The second kappa shape index (κ2) is 6.70. The van der Waals surface area contributed by atoms with Gasteiger partial charge in [0.05, 0.1) is 11.6 Å². The number of nitrogens with two attached hydrogens (primary N) is 1. The highest BCUT2D eigenvalue weighted by molar-refractivity contribution is 7.84. The van der Waals surface area contributed by atoms with Crippen LogP contribution in [0.1, 0.15) is 32.1 Å². The average molecular weight is 340 g/mol. The molecule has 5 nitrogen and oxygen atoms in total. The number of thiol groups is 1. The van der Waals surface area contributed by atoms with Crippen molar-refractivity contribution in [2.24, 2.45) is 22.1 Å². The molecular weight excluding hydrogens is 320 g/mol. The highest BCUT2D eigenvalue weighted by Gasteiger charge is 2.51. The van der Waals surface area contributed by atoms with E-state index in [1.54, 1.807) is 0 Å². The van der Waals surface area contributed by atoms with Gasteiger partial charge in [0.1, 0.15) is 16.8 Å². The lowest BCUT2D eigenvalue weighted by atomic mass is 9.60. The van der Waals surface area contributed by atoms with Gasteiger partial charge in [0.15, 0.2) is 0 Å². The molecule has 1 aliphatic heterocycles. The van der Waals surface area contributed by atoms with Crippen LogP contribution in [0.15, 0.2) is 45.9 Å². The molecule has 3 rings (SSSR count). The Bertz CT molecular complexity index is 742. The summed E-state index contributed by atoms with van der Waals surface area (Å²) in [6.07, 6.45) is 4.54. The first-order valence-electron chi connectivity index (χ1n) is 8.12. The number of carbonyl (C=O) groups is 1. The third kappa shape index (κ3) is 2.80. The van der Waals surface area contributed by atoms with Gasteiger partial charge >= 0.3 is 0 Å². The summed E-state index contributed by atoms with van der Waals surface area (Å²) in [4.78, 5) is 17.2. The van der Waals surface area contributed by atoms with Crippen molar-refractivity contribution in [1.82, 2.24) is 0 Å². The first-order valence-corrected chi connectivity index (χ1v) is 8.57. The lowest BCUT2D eigenvalue weighted by Gasteiger charge is -2.44. The van der Waals surface area contributed by atoms with Gasteiger partial charge in [-0.3, -0.25) is 4.79 Å². The molecule has 0 aromatic heterocycles. The van der Waals surface area contributed by atoms with E-state index in [4.69, 9.17) is 5.73 Å². The maximum absolute atomic E-state index is 13.0. The predicted octanol–water partition coefficient (Wildman–Crippen LogP) is 3.23. The molecule has 1 fully saturated rings. The summed E-state index contributed by atoms with van der Waals surface area (Å²) in [5.74, 6) is -0.601. The number of hydrogen-bond donors (Lipinski definition) is 3. The number of benzene rings is 1. The molecule has 6 heteroatoms. The Kier molecular flexibility index (Phi) is 4.63. The summed E-state index contributed by atoms with van der Waals surface area (Å²) in [7, 11) is 0. The van der Waals surface area contributed by atoms with E-state index < -0.39 is 11.3 Å². The fourth-order valence-electron chi connectivity index (χ4n) is 3.90. The van der Waals surface area contributed by atoms with Gasteiger partial charge in [0.2, 0.25) is 5.91 Å². The number of allylic oxidation sites excluding steroid dienone is 1. The van der Waals surface area contributed by atoms with Crippen molar-refractivity contribution in [2.45, 2.75) is 32.1 Å². The van der Waals surface area contributed by atoms with Gasteiger partial charge in [-0.25, -0.2) is 4.99 Å². The Hall–Kier alpha value is -2.26. The minimum atomic E-state index is -0.636. The van der Waals surface area contributed by atoms with E-state index >= 15 is 0 Å². The van der Waals surface area contributed by atoms with Gasteiger partial charge in [-0.15, -0.1) is 12.6 Å². The van der Waals surface area contributed by atoms with Crippen molar-refractivity contribution >= 4 is 30.1 Å². The van der Waals surface area contributed by atoms with Gasteiger partial charge in [-0.1, -0.05) is 37.5 Å². The van der Waals surface area contributed by atoms with Crippen molar-refractivity contribution in [3.8, 4) is 6.07 Å². The third-order valence-electron chi connectivity index (χ3n) is 4.97. The third-order valence-corrected chi connectivity index (χ3v) is 5.29. The topological polar surface area (TPSA) is 91.3 Å². The Morgan fingerprint density at radius 1 is 1.29 bits per heavy atom. The molecule has 1 heterocycles. The monoisotopic (exact) mass is 340 g/mol. The van der Waals surface area contributed by atoms with E-state index in [0.29, 0.717) is 16.3 Å². The molecule has 1 aromatic rings. The normalized spacial score (nSPS) is 22.7. The Morgan fingerprint density at radius 2 is 1.96 bits per heavy atom. The van der Waals surface area contributed by atoms with E-state index in [2.05, 4.69) is 29.0 Å². The van der Waals surface area contributed by atoms with E-state index in [9.17, 15) is 10.1 Å². The molecule has 3 N–H and O–H groups in total. The van der Waals surface area contributed by atoms with E-state index in [1.807, 2.05) is 30.3 Å². The molecule has 0 radical (unpaired) electrons. The number of carbonyl (C=O) groups excluding carboxylic acids is 1. The van der Waals surface area contributed by atoms with E-state index in [-0.39, 0.29) is 11.7 Å². The molecule has 1 unspecified atom stereocenters. The lowest BCUT2D eigenvalue weighted by molar-refractivity contribution is -0.121. The highest BCUT2D eigenvalue weighted by atomic mass is 32.1. The number of para-hydroxylation sites is 1. The Balaban J connectivity index is 1.99. The molecule has 0 bridgehead atoms. The molecule has 1 saturated carbocycles. The largest absolute Gasteiger partial charge is 0.386 e. The number of aliphatic imine (C=N–C) groups is 1. The van der Waals surface area contributed by atoms with Crippen LogP contribution >= 0.6 is 12.6 Å². The molecule has 24 heavy (non-hydrogen) atoms. The summed E-state index contributed by atoms with van der Waals surface area (Å²) >= 11 is 4.35. The van der Waals surface area contributed by atoms with Crippen LogP contribution in [0.2, 0.25) is 0 Å². The van der Waals surface area contributed by atoms with Crippen LogP contribution in [-0.2, 0) is 4.79 Å². The summed E-state index contributed by atoms with van der Waals surface area (Å²) in [6.45, 7) is 0. The van der Waals surface area contributed by atoms with Gasteiger partial charge in [-0.2, -0.15) is 5.26 Å². The zero-order chi connectivity index (χ0) is 17.2. The number of rotatable bonds is 2. The number of nitriles is 1. The maximum atomic E-state index is 13.0. The number of amides is 1. The van der Waals surface area contributed by atoms with E-state index in [1.165, 1.54) is 0 Å². The number of nitrogens with zero attached hydrogens (tertiary/aromatic N) is 2. The van der Waals surface area contributed by atoms with Crippen LogP contribution in [0.4, 0.5) is 5.69 Å². The molecule has 1 spiro atoms. The summed E-state index contributed by atoms with van der Waals surface area (Å²) < 4.78 is 0. The lowest BCUT2D eigenvalue weighted by Crippen LogP contribution is -2.50. The van der Waals surface area contributed by atoms with Crippen molar-refractivity contribution in [3.05, 3.63) is 40.9 Å². The van der Waals surface area contributed by atoms with E-state index in [0.717, 1.165) is 32.1 Å². The number of anilines is 1. The van der Waals surface area contributed by atoms with Crippen molar-refractivity contribution in [1.29, 1.82) is 5.26 Å². The van der Waals surface area contributed by atoms with Gasteiger partial charge in [0, 0.05) is 11.1 Å². The van der Waals surface area contributed by atoms with Crippen LogP contribution in [0.3, 0.4) is 0 Å². The maximum Gasteiger partial charge on any atom is 0.236 e. The SMILES string of the molecule is N#CC1=C(S)N=C(N)C(C(=O)Nc2ccccc2)C12CCCCC2. The fraction of sp³-hybridized carbons (Fsp3) is 0.389. The minimum absolute atomic E-state index is 0.210. The predicted molar refractivity (Wildman–Crippen MR) is 97.3 cm³/mol. The van der Waals surface area contributed by atoms with Gasteiger partial charge < -0.3 is 11.1 Å². The standard InChI is InChI=1S/C18H20N4OS/c19-11-13-17(24)22-15(20)14(18(13)9-5-2-6-10-18)16(23)21-12-7-3-1-4-8-12/h1,3-4,7-8,14,24H,2,5-6,9-10H2,(H2,20,22)(H,21,23).